The molecule has 1 saturated carbocycles. The molecule has 16 heavy (non-hydrogen) atoms. The first-order valence-electron chi connectivity index (χ1n) is 6.20. The van der Waals surface area contributed by atoms with Gasteiger partial charge in [0.2, 0.25) is 0 Å². The molecule has 0 bridgehead atoms. The van der Waals surface area contributed by atoms with Gasteiger partial charge in [-0.2, -0.15) is 0 Å². The Morgan fingerprint density at radius 2 is 2.31 bits per heavy atom. The fourth-order valence-electron chi connectivity index (χ4n) is 2.82. The predicted octanol–water partition coefficient (Wildman–Crippen LogP) is 4.05. The van der Waals surface area contributed by atoms with Crippen molar-refractivity contribution in [1.82, 2.24) is 0 Å². The smallest absolute Gasteiger partial charge is 0.122 e. The van der Waals surface area contributed by atoms with Crippen LogP contribution >= 0.6 is 15.9 Å². The van der Waals surface area contributed by atoms with Gasteiger partial charge in [0.1, 0.15) is 5.76 Å². The zero-order valence-corrected chi connectivity index (χ0v) is 11.4. The van der Waals surface area contributed by atoms with Crippen LogP contribution in [0.5, 0.6) is 0 Å². The van der Waals surface area contributed by atoms with E-state index in [4.69, 9.17) is 10.2 Å². The van der Waals surface area contributed by atoms with E-state index in [2.05, 4.69) is 22.9 Å². The molecule has 90 valence electrons. The molecule has 2 nitrogen and oxygen atoms in total. The van der Waals surface area contributed by atoms with E-state index in [1.54, 1.807) is 6.26 Å². The first kappa shape index (κ1) is 12.2. The van der Waals surface area contributed by atoms with Gasteiger partial charge in [-0.25, -0.2) is 0 Å². The van der Waals surface area contributed by atoms with E-state index in [1.165, 1.54) is 25.7 Å². The van der Waals surface area contributed by atoms with Gasteiger partial charge in [-0.05, 0) is 47.2 Å². The standard InChI is InChI=1S/C13H20BrNO/c1-2-3-9-4-5-12(15)10(8-9)13-11(14)6-7-16-13/h6-7,9-10,12H,2-5,8,15H2,1H3. The molecule has 3 heteroatoms. The second-order valence-electron chi connectivity index (χ2n) is 4.87. The third kappa shape index (κ3) is 2.51. The first-order chi connectivity index (χ1) is 7.72. The molecular weight excluding hydrogens is 266 g/mol. The summed E-state index contributed by atoms with van der Waals surface area (Å²) in [5.41, 5.74) is 6.22. The average molecular weight is 286 g/mol. The summed E-state index contributed by atoms with van der Waals surface area (Å²) in [6, 6.07) is 2.22. The van der Waals surface area contributed by atoms with Crippen LogP contribution in [0.4, 0.5) is 0 Å². The summed E-state index contributed by atoms with van der Waals surface area (Å²) in [4.78, 5) is 0. The predicted molar refractivity (Wildman–Crippen MR) is 69.4 cm³/mol. The van der Waals surface area contributed by atoms with Gasteiger partial charge in [0.25, 0.3) is 0 Å². The fraction of sp³-hybridized carbons (Fsp3) is 0.692. The lowest BCUT2D eigenvalue weighted by Crippen LogP contribution is -2.34. The van der Waals surface area contributed by atoms with Crippen molar-refractivity contribution >= 4 is 15.9 Å². The van der Waals surface area contributed by atoms with E-state index in [0.29, 0.717) is 5.92 Å². The van der Waals surface area contributed by atoms with Crippen LogP contribution < -0.4 is 5.73 Å². The van der Waals surface area contributed by atoms with E-state index in [1.807, 2.05) is 6.07 Å². The number of halogens is 1. The highest BCUT2D eigenvalue weighted by atomic mass is 79.9. The highest BCUT2D eigenvalue weighted by molar-refractivity contribution is 9.10. The topological polar surface area (TPSA) is 39.2 Å². The van der Waals surface area contributed by atoms with Crippen LogP contribution in [0.3, 0.4) is 0 Å². The molecule has 1 aromatic heterocycles. The summed E-state index contributed by atoms with van der Waals surface area (Å²) in [5, 5.41) is 0. The Hall–Kier alpha value is -0.280. The van der Waals surface area contributed by atoms with Crippen molar-refractivity contribution in [1.29, 1.82) is 0 Å². The van der Waals surface area contributed by atoms with Gasteiger partial charge in [-0.1, -0.05) is 19.8 Å². The maximum Gasteiger partial charge on any atom is 0.122 e. The summed E-state index contributed by atoms with van der Waals surface area (Å²) >= 11 is 3.54. The lowest BCUT2D eigenvalue weighted by atomic mass is 9.75. The number of hydrogen-bond donors (Lipinski definition) is 1. The molecule has 1 heterocycles. The molecule has 1 aliphatic rings. The minimum absolute atomic E-state index is 0.260. The van der Waals surface area contributed by atoms with Crippen molar-refractivity contribution in [2.45, 2.75) is 51.0 Å². The Labute approximate surface area is 106 Å². The highest BCUT2D eigenvalue weighted by Gasteiger charge is 2.31. The van der Waals surface area contributed by atoms with Gasteiger partial charge in [-0.15, -0.1) is 0 Å². The second-order valence-corrected chi connectivity index (χ2v) is 5.73. The Bertz CT molecular complexity index is 336. The summed E-state index contributed by atoms with van der Waals surface area (Å²) in [6.45, 7) is 2.26. The van der Waals surface area contributed by atoms with Crippen LogP contribution in [-0.4, -0.2) is 6.04 Å². The number of hydrogen-bond acceptors (Lipinski definition) is 2. The Morgan fingerprint density at radius 1 is 1.50 bits per heavy atom. The number of nitrogens with two attached hydrogens (primary N) is 1. The van der Waals surface area contributed by atoms with Crippen molar-refractivity contribution in [3.8, 4) is 0 Å². The molecule has 0 spiro atoms. The number of furan rings is 1. The largest absolute Gasteiger partial charge is 0.468 e. The summed E-state index contributed by atoms with van der Waals surface area (Å²) in [7, 11) is 0. The quantitative estimate of drug-likeness (QED) is 0.910. The zero-order valence-electron chi connectivity index (χ0n) is 9.79. The molecule has 1 aliphatic carbocycles. The highest BCUT2D eigenvalue weighted by Crippen LogP contribution is 2.40. The first-order valence-corrected chi connectivity index (χ1v) is 7.00. The van der Waals surface area contributed by atoms with Gasteiger partial charge in [0.05, 0.1) is 10.7 Å². The van der Waals surface area contributed by atoms with E-state index in [-0.39, 0.29) is 6.04 Å². The van der Waals surface area contributed by atoms with Gasteiger partial charge >= 0.3 is 0 Å². The molecule has 1 aromatic rings. The van der Waals surface area contributed by atoms with Gasteiger partial charge in [0, 0.05) is 12.0 Å². The van der Waals surface area contributed by atoms with Crippen LogP contribution in [-0.2, 0) is 0 Å². The summed E-state index contributed by atoms with van der Waals surface area (Å²) < 4.78 is 6.65. The van der Waals surface area contributed by atoms with Crippen molar-refractivity contribution in [3.63, 3.8) is 0 Å². The summed E-state index contributed by atoms with van der Waals surface area (Å²) in [5.74, 6) is 2.27. The van der Waals surface area contributed by atoms with E-state index < -0.39 is 0 Å². The average Bonchev–Trinajstić information content (AvgIpc) is 2.68. The minimum atomic E-state index is 0.260. The third-order valence-electron chi connectivity index (χ3n) is 3.69. The van der Waals surface area contributed by atoms with Crippen molar-refractivity contribution in [2.75, 3.05) is 0 Å². The lowest BCUT2D eigenvalue weighted by molar-refractivity contribution is 0.250. The normalized spacial score (nSPS) is 30.6. The van der Waals surface area contributed by atoms with Crippen LogP contribution in [0.2, 0.25) is 0 Å². The maximum absolute atomic E-state index is 6.22. The lowest BCUT2D eigenvalue weighted by Gasteiger charge is -2.33. The molecule has 1 fully saturated rings. The Morgan fingerprint density at radius 3 is 2.94 bits per heavy atom. The molecule has 3 unspecified atom stereocenters. The Balaban J connectivity index is 2.10. The minimum Gasteiger partial charge on any atom is -0.468 e. The van der Waals surface area contributed by atoms with Gasteiger partial charge in [0.15, 0.2) is 0 Å². The van der Waals surface area contributed by atoms with Crippen molar-refractivity contribution in [3.05, 3.63) is 22.6 Å². The SMILES string of the molecule is CCCC1CCC(N)C(c2occc2Br)C1. The molecule has 0 aliphatic heterocycles. The van der Waals surface area contributed by atoms with E-state index in [9.17, 15) is 0 Å². The fourth-order valence-corrected chi connectivity index (χ4v) is 3.32. The monoisotopic (exact) mass is 285 g/mol. The summed E-state index contributed by atoms with van der Waals surface area (Å²) in [6.07, 6.45) is 7.93. The molecule has 0 amide bonds. The Kier molecular flexibility index (Phi) is 4.09. The third-order valence-corrected chi connectivity index (χ3v) is 4.35. The van der Waals surface area contributed by atoms with Crippen LogP contribution in [0, 0.1) is 5.92 Å². The van der Waals surface area contributed by atoms with Gasteiger partial charge in [-0.3, -0.25) is 0 Å². The molecule has 0 radical (unpaired) electrons. The van der Waals surface area contributed by atoms with Crippen molar-refractivity contribution < 1.29 is 4.42 Å². The van der Waals surface area contributed by atoms with Gasteiger partial charge < -0.3 is 10.2 Å². The van der Waals surface area contributed by atoms with Crippen LogP contribution in [0.1, 0.15) is 50.7 Å². The molecular formula is C13H20BrNO. The maximum atomic E-state index is 6.22. The van der Waals surface area contributed by atoms with Crippen molar-refractivity contribution in [2.24, 2.45) is 11.7 Å². The van der Waals surface area contributed by atoms with E-state index >= 15 is 0 Å². The number of rotatable bonds is 3. The molecule has 0 aromatic carbocycles. The van der Waals surface area contributed by atoms with Crippen LogP contribution in [0.15, 0.2) is 21.2 Å². The molecule has 2 rings (SSSR count). The van der Waals surface area contributed by atoms with Crippen LogP contribution in [0.25, 0.3) is 0 Å². The molecule has 2 N–H and O–H groups in total. The van der Waals surface area contributed by atoms with E-state index in [0.717, 1.165) is 22.6 Å². The zero-order chi connectivity index (χ0) is 11.5. The second kappa shape index (κ2) is 5.37. The molecule has 0 saturated heterocycles. The molecule has 3 atom stereocenters.